The molecular formula is C23H26F3NO4. The van der Waals surface area contributed by atoms with E-state index in [9.17, 15) is 22.8 Å². The number of benzene rings is 1. The molecule has 0 aromatic heterocycles. The van der Waals surface area contributed by atoms with E-state index in [2.05, 4.69) is 5.16 Å². The maximum absolute atomic E-state index is 12.9. The molecule has 0 unspecified atom stereocenters. The van der Waals surface area contributed by atoms with Crippen LogP contribution in [0.25, 0.3) is 0 Å². The van der Waals surface area contributed by atoms with Crippen LogP contribution in [0.1, 0.15) is 58.6 Å². The van der Waals surface area contributed by atoms with Crippen LogP contribution in [0.5, 0.6) is 0 Å². The molecule has 168 valence electrons. The molecule has 0 bridgehead atoms. The topological polar surface area (TPSA) is 65.0 Å². The number of nitrogens with zero attached hydrogens (tertiary/aromatic N) is 1. The maximum atomic E-state index is 12.9. The zero-order valence-electron chi connectivity index (χ0n) is 18.2. The standard InChI is InChI=1S/C23H26F3NO4/c1-14-9-10-19(20(28)21(29)31-22(3,4)5)17(11-14)13-30-27-15(2)16-7-6-8-18(12-16)23(24,25)26/h6-9,12H,10-11,13H2,1-5H3. The van der Waals surface area contributed by atoms with Crippen molar-refractivity contribution in [2.45, 2.75) is 59.2 Å². The molecule has 0 aliphatic heterocycles. The zero-order chi connectivity index (χ0) is 23.4. The molecule has 0 radical (unpaired) electrons. The van der Waals surface area contributed by atoms with Gasteiger partial charge >= 0.3 is 12.1 Å². The number of ether oxygens (including phenoxy) is 1. The average Bonchev–Trinajstić information content (AvgIpc) is 2.65. The Morgan fingerprint density at radius 1 is 1.16 bits per heavy atom. The summed E-state index contributed by atoms with van der Waals surface area (Å²) in [5.41, 5.74) is 0.863. The van der Waals surface area contributed by atoms with Crippen molar-refractivity contribution in [2.24, 2.45) is 5.16 Å². The number of carbonyl (C=O) groups excluding carboxylic acids is 2. The van der Waals surface area contributed by atoms with Gasteiger partial charge in [0.2, 0.25) is 0 Å². The number of hydrogen-bond acceptors (Lipinski definition) is 5. The third-order valence-electron chi connectivity index (χ3n) is 4.48. The van der Waals surface area contributed by atoms with Gasteiger partial charge in [0.25, 0.3) is 5.78 Å². The number of carbonyl (C=O) groups is 2. The van der Waals surface area contributed by atoms with Crippen molar-refractivity contribution in [3.63, 3.8) is 0 Å². The van der Waals surface area contributed by atoms with Crippen molar-refractivity contribution in [3.8, 4) is 0 Å². The van der Waals surface area contributed by atoms with Crippen LogP contribution in [0, 0.1) is 0 Å². The van der Waals surface area contributed by atoms with E-state index < -0.39 is 29.1 Å². The van der Waals surface area contributed by atoms with Crippen LogP contribution in [-0.4, -0.2) is 29.7 Å². The van der Waals surface area contributed by atoms with Crippen molar-refractivity contribution >= 4 is 17.5 Å². The van der Waals surface area contributed by atoms with Crippen molar-refractivity contribution in [3.05, 3.63) is 58.2 Å². The molecule has 1 aliphatic carbocycles. The Bertz CT molecular complexity index is 950. The van der Waals surface area contributed by atoms with E-state index in [-0.39, 0.29) is 24.3 Å². The van der Waals surface area contributed by atoms with Gasteiger partial charge in [-0.25, -0.2) is 4.79 Å². The summed E-state index contributed by atoms with van der Waals surface area (Å²) in [5.74, 6) is -1.66. The first-order valence-electron chi connectivity index (χ1n) is 9.76. The summed E-state index contributed by atoms with van der Waals surface area (Å²) in [7, 11) is 0. The predicted octanol–water partition coefficient (Wildman–Crippen LogP) is 5.39. The van der Waals surface area contributed by atoms with E-state index in [1.807, 2.05) is 13.0 Å². The fourth-order valence-electron chi connectivity index (χ4n) is 2.96. The Kier molecular flexibility index (Phi) is 7.46. The second-order valence-electron chi connectivity index (χ2n) is 8.37. The SMILES string of the molecule is CC1=CCC(C(=O)C(=O)OC(C)(C)C)=C(CON=C(C)c2cccc(C(F)(F)F)c2)C1. The minimum Gasteiger partial charge on any atom is -0.454 e. The molecule has 1 aromatic carbocycles. The van der Waals surface area contributed by atoms with E-state index >= 15 is 0 Å². The van der Waals surface area contributed by atoms with Gasteiger partial charge in [-0.05, 0) is 70.7 Å². The number of Topliss-reactive ketones (excluding diaryl/α,β-unsaturated/α-hetero) is 1. The molecule has 31 heavy (non-hydrogen) atoms. The second kappa shape index (κ2) is 9.49. The van der Waals surface area contributed by atoms with Crippen LogP contribution in [0.3, 0.4) is 0 Å². The van der Waals surface area contributed by atoms with E-state index in [1.165, 1.54) is 19.1 Å². The van der Waals surface area contributed by atoms with Crippen molar-refractivity contribution in [2.75, 3.05) is 6.61 Å². The summed E-state index contributed by atoms with van der Waals surface area (Å²) in [6.07, 6.45) is -1.88. The molecule has 0 saturated heterocycles. The van der Waals surface area contributed by atoms with Crippen LogP contribution < -0.4 is 0 Å². The minimum atomic E-state index is -4.45. The fourth-order valence-corrected chi connectivity index (χ4v) is 2.96. The van der Waals surface area contributed by atoms with Crippen molar-refractivity contribution in [1.29, 1.82) is 0 Å². The number of hydrogen-bond donors (Lipinski definition) is 0. The molecule has 0 spiro atoms. The molecule has 0 amide bonds. The molecule has 2 rings (SSSR count). The van der Waals surface area contributed by atoms with E-state index in [4.69, 9.17) is 9.57 Å². The van der Waals surface area contributed by atoms with Crippen molar-refractivity contribution in [1.82, 2.24) is 0 Å². The molecule has 0 heterocycles. The van der Waals surface area contributed by atoms with Crippen molar-refractivity contribution < 1.29 is 32.3 Å². The molecule has 1 aromatic rings. The molecule has 0 fully saturated rings. The van der Waals surface area contributed by atoms with Crippen LogP contribution in [-0.2, 0) is 25.3 Å². The van der Waals surface area contributed by atoms with E-state index in [0.717, 1.165) is 17.7 Å². The molecule has 1 aliphatic rings. The Labute approximate surface area is 179 Å². The monoisotopic (exact) mass is 437 g/mol. The number of allylic oxidation sites excluding steroid dienone is 2. The van der Waals surface area contributed by atoms with Gasteiger partial charge < -0.3 is 9.57 Å². The van der Waals surface area contributed by atoms with Gasteiger partial charge in [0.1, 0.15) is 12.2 Å². The van der Waals surface area contributed by atoms with Gasteiger partial charge in [-0.2, -0.15) is 13.2 Å². The van der Waals surface area contributed by atoms with E-state index in [0.29, 0.717) is 17.6 Å². The molecule has 5 nitrogen and oxygen atoms in total. The third kappa shape index (κ3) is 7.08. The van der Waals surface area contributed by atoms with E-state index in [1.54, 1.807) is 20.8 Å². The summed E-state index contributed by atoms with van der Waals surface area (Å²) in [6, 6.07) is 4.77. The number of esters is 1. The summed E-state index contributed by atoms with van der Waals surface area (Å²) in [6.45, 7) is 8.38. The Hall–Kier alpha value is -2.90. The predicted molar refractivity (Wildman–Crippen MR) is 110 cm³/mol. The van der Waals surface area contributed by atoms with Gasteiger partial charge in [-0.1, -0.05) is 28.9 Å². The summed E-state index contributed by atoms with van der Waals surface area (Å²) in [5, 5.41) is 3.90. The summed E-state index contributed by atoms with van der Waals surface area (Å²) in [4.78, 5) is 30.1. The zero-order valence-corrected chi connectivity index (χ0v) is 18.2. The average molecular weight is 437 g/mol. The lowest BCUT2D eigenvalue weighted by atomic mass is 9.90. The number of halogens is 3. The smallest absolute Gasteiger partial charge is 0.416 e. The van der Waals surface area contributed by atoms with Crippen LogP contribution >= 0.6 is 0 Å². The summed E-state index contributed by atoms with van der Waals surface area (Å²) < 4.78 is 43.9. The molecule has 8 heteroatoms. The highest BCUT2D eigenvalue weighted by Gasteiger charge is 2.31. The quantitative estimate of drug-likeness (QED) is 0.197. The molecule has 0 N–H and O–H groups in total. The highest BCUT2D eigenvalue weighted by molar-refractivity contribution is 6.40. The first-order chi connectivity index (χ1) is 14.3. The first-order valence-corrected chi connectivity index (χ1v) is 9.76. The number of rotatable bonds is 6. The first kappa shape index (κ1) is 24.4. The highest BCUT2D eigenvalue weighted by atomic mass is 19.4. The third-order valence-corrected chi connectivity index (χ3v) is 4.48. The Morgan fingerprint density at radius 3 is 2.45 bits per heavy atom. The lowest BCUT2D eigenvalue weighted by Gasteiger charge is -2.21. The fraction of sp³-hybridized carbons (Fsp3) is 0.435. The molecule has 0 saturated carbocycles. The highest BCUT2D eigenvalue weighted by Crippen LogP contribution is 2.30. The number of oxime groups is 1. The second-order valence-corrected chi connectivity index (χ2v) is 8.37. The number of ketones is 1. The van der Waals surface area contributed by atoms with Crippen LogP contribution in [0.4, 0.5) is 13.2 Å². The minimum absolute atomic E-state index is 0.0641. The van der Waals surface area contributed by atoms with Gasteiger partial charge in [-0.15, -0.1) is 0 Å². The van der Waals surface area contributed by atoms with Gasteiger partial charge in [0.05, 0.1) is 11.3 Å². The Morgan fingerprint density at radius 2 is 1.84 bits per heavy atom. The molecular weight excluding hydrogens is 411 g/mol. The summed E-state index contributed by atoms with van der Waals surface area (Å²) >= 11 is 0. The lowest BCUT2D eigenvalue weighted by Crippen LogP contribution is -2.30. The largest absolute Gasteiger partial charge is 0.454 e. The van der Waals surface area contributed by atoms with Crippen LogP contribution in [0.15, 0.2) is 52.2 Å². The molecule has 0 atom stereocenters. The van der Waals surface area contributed by atoms with Crippen LogP contribution in [0.2, 0.25) is 0 Å². The van der Waals surface area contributed by atoms with Gasteiger partial charge in [0.15, 0.2) is 0 Å². The van der Waals surface area contributed by atoms with Gasteiger partial charge in [0, 0.05) is 5.57 Å². The van der Waals surface area contributed by atoms with Gasteiger partial charge in [-0.3, -0.25) is 4.79 Å². The lowest BCUT2D eigenvalue weighted by molar-refractivity contribution is -0.161. The number of alkyl halides is 3. The normalized spacial score (nSPS) is 15.5. The Balaban J connectivity index is 2.16. The maximum Gasteiger partial charge on any atom is 0.416 e.